The minimum Gasteiger partial charge on any atom is -0.309 e. The predicted molar refractivity (Wildman–Crippen MR) is 196 cm³/mol. The van der Waals surface area contributed by atoms with E-state index in [1.165, 1.54) is 94.6 Å². The zero-order valence-electron chi connectivity index (χ0n) is 28.6. The molecule has 0 N–H and O–H groups in total. The van der Waals surface area contributed by atoms with Crippen LogP contribution in [0.25, 0.3) is 27.5 Å². The van der Waals surface area contributed by atoms with Crippen LogP contribution in [0.2, 0.25) is 0 Å². The molecule has 0 amide bonds. The van der Waals surface area contributed by atoms with E-state index in [4.69, 9.17) is 0 Å². The summed E-state index contributed by atoms with van der Waals surface area (Å²) in [6, 6.07) is 30.4. The van der Waals surface area contributed by atoms with Gasteiger partial charge in [-0.05, 0) is 133 Å². The van der Waals surface area contributed by atoms with E-state index in [1.54, 1.807) is 0 Å². The molecule has 0 aromatic heterocycles. The lowest BCUT2D eigenvalue weighted by atomic mass is 9.79. The molecule has 0 atom stereocenters. The van der Waals surface area contributed by atoms with Crippen molar-refractivity contribution in [1.82, 2.24) is 0 Å². The van der Waals surface area contributed by atoms with E-state index >= 15 is 0 Å². The first kappa shape index (κ1) is 29.4. The van der Waals surface area contributed by atoms with Crippen molar-refractivity contribution in [3.8, 4) is 11.1 Å². The Balaban J connectivity index is 1.57. The summed E-state index contributed by atoms with van der Waals surface area (Å²) >= 11 is 0. The molecule has 0 fully saturated rings. The van der Waals surface area contributed by atoms with Crippen molar-refractivity contribution in [2.24, 2.45) is 0 Å². The normalized spacial score (nSPS) is 17.6. The van der Waals surface area contributed by atoms with Crippen LogP contribution in [0.4, 0.5) is 17.1 Å². The van der Waals surface area contributed by atoms with Crippen LogP contribution in [-0.4, -0.2) is 0 Å². The fraction of sp³-hybridized carbons (Fsp3) is 0.273. The van der Waals surface area contributed by atoms with Crippen LogP contribution in [0, 0.1) is 27.7 Å². The Morgan fingerprint density at radius 2 is 1.09 bits per heavy atom. The van der Waals surface area contributed by atoms with Gasteiger partial charge in [-0.3, -0.25) is 0 Å². The largest absolute Gasteiger partial charge is 0.309 e. The molecule has 0 bridgehead atoms. The molecule has 0 aliphatic heterocycles. The third-order valence-corrected chi connectivity index (χ3v) is 10.7. The molecule has 45 heavy (non-hydrogen) atoms. The maximum Gasteiger partial charge on any atom is 0.0543 e. The van der Waals surface area contributed by atoms with Crippen LogP contribution < -0.4 is 4.90 Å². The van der Waals surface area contributed by atoms with Gasteiger partial charge in [0.2, 0.25) is 0 Å². The predicted octanol–water partition coefficient (Wildman–Crippen LogP) is 12.5. The Kier molecular flexibility index (Phi) is 6.57. The van der Waals surface area contributed by atoms with Gasteiger partial charge in [-0.1, -0.05) is 99.5 Å². The van der Waals surface area contributed by atoms with E-state index < -0.39 is 0 Å². The average molecular weight is 588 g/mol. The van der Waals surface area contributed by atoms with Crippen LogP contribution in [-0.2, 0) is 10.8 Å². The van der Waals surface area contributed by atoms with Crippen LogP contribution in [0.3, 0.4) is 0 Å². The third kappa shape index (κ3) is 4.13. The van der Waals surface area contributed by atoms with Crippen LogP contribution in [0.15, 0.2) is 96.6 Å². The summed E-state index contributed by atoms with van der Waals surface area (Å²) < 4.78 is 0. The van der Waals surface area contributed by atoms with E-state index in [9.17, 15) is 0 Å². The first-order chi connectivity index (χ1) is 21.4. The fourth-order valence-corrected chi connectivity index (χ4v) is 8.49. The minimum absolute atomic E-state index is 0.0354. The van der Waals surface area contributed by atoms with Crippen LogP contribution in [0.5, 0.6) is 0 Å². The molecule has 2 aliphatic rings. The van der Waals surface area contributed by atoms with Gasteiger partial charge in [-0.15, -0.1) is 0 Å². The molecule has 0 heterocycles. The minimum atomic E-state index is -0.156. The molecule has 1 nitrogen and oxygen atoms in total. The highest BCUT2D eigenvalue weighted by Gasteiger charge is 2.43. The Hall–Kier alpha value is -4.36. The van der Waals surface area contributed by atoms with Crippen molar-refractivity contribution in [2.45, 2.75) is 80.1 Å². The highest BCUT2D eigenvalue weighted by atomic mass is 15.1. The lowest BCUT2D eigenvalue weighted by molar-refractivity contribution is 0.651. The van der Waals surface area contributed by atoms with Gasteiger partial charge in [0.05, 0.1) is 5.69 Å². The number of aryl methyl sites for hydroxylation is 4. The highest BCUT2D eigenvalue weighted by molar-refractivity contribution is 6.10. The highest BCUT2D eigenvalue weighted by Crippen LogP contribution is 2.59. The quantitative estimate of drug-likeness (QED) is 0.203. The standard InChI is InChI=1S/C44H45N/c1-11-30-33-23-37-34(24-36(33)43(7,8)35(30)12-2)42-32-16-14-13-15-31(32)41(25-38(42)44(37,9)10)45(39-19-17-26(3)21-28(39)5)40-20-18-27(4)22-29(40)6/h11-25H,1-10H3/b30-11-,35-12?. The van der Waals surface area contributed by atoms with E-state index in [0.29, 0.717) is 0 Å². The number of nitrogens with zero attached hydrogens (tertiary/aromatic N) is 1. The second-order valence-electron chi connectivity index (χ2n) is 14.4. The number of hydrogen-bond acceptors (Lipinski definition) is 1. The average Bonchev–Trinajstić information content (AvgIpc) is 3.36. The van der Waals surface area contributed by atoms with Crippen molar-refractivity contribution in [1.29, 1.82) is 0 Å². The van der Waals surface area contributed by atoms with Crippen molar-refractivity contribution < 1.29 is 0 Å². The summed E-state index contributed by atoms with van der Waals surface area (Å²) in [5, 5.41) is 2.60. The topological polar surface area (TPSA) is 3.24 Å². The number of hydrogen-bond donors (Lipinski definition) is 0. The monoisotopic (exact) mass is 587 g/mol. The van der Waals surface area contributed by atoms with Gasteiger partial charge in [0.15, 0.2) is 0 Å². The first-order valence-corrected chi connectivity index (χ1v) is 16.4. The van der Waals surface area contributed by atoms with E-state index in [-0.39, 0.29) is 10.8 Å². The summed E-state index contributed by atoms with van der Waals surface area (Å²) in [6.45, 7) is 22.8. The van der Waals surface area contributed by atoms with Gasteiger partial charge < -0.3 is 4.90 Å². The molecule has 226 valence electrons. The van der Waals surface area contributed by atoms with Crippen LogP contribution >= 0.6 is 0 Å². The number of fused-ring (bicyclic) bond motifs is 6. The number of rotatable bonds is 3. The summed E-state index contributed by atoms with van der Waals surface area (Å²) in [5.41, 5.74) is 19.9. The number of allylic oxidation sites excluding steroid dienone is 4. The molecule has 0 radical (unpaired) electrons. The zero-order valence-corrected chi connectivity index (χ0v) is 28.6. The van der Waals surface area contributed by atoms with Gasteiger partial charge >= 0.3 is 0 Å². The van der Waals surface area contributed by atoms with Gasteiger partial charge in [0, 0.05) is 27.6 Å². The SMILES string of the molecule is CC=C1/C(=C\C)c2cc3c(cc2C1(C)C)-c1c(cc(N(c2ccc(C)cc2C)c2ccc(C)cc2C)c2ccccc12)C3(C)C. The second-order valence-corrected chi connectivity index (χ2v) is 14.4. The number of benzene rings is 5. The molecule has 1 heteroatoms. The molecule has 0 spiro atoms. The molecule has 7 rings (SSSR count). The Labute approximate surface area is 269 Å². The zero-order chi connectivity index (χ0) is 32.0. The smallest absolute Gasteiger partial charge is 0.0543 e. The third-order valence-electron chi connectivity index (χ3n) is 10.7. The summed E-state index contributed by atoms with van der Waals surface area (Å²) in [4.78, 5) is 2.52. The maximum atomic E-state index is 2.54. The number of anilines is 3. The summed E-state index contributed by atoms with van der Waals surface area (Å²) in [7, 11) is 0. The van der Waals surface area contributed by atoms with E-state index in [1.807, 2.05) is 0 Å². The maximum absolute atomic E-state index is 2.54. The van der Waals surface area contributed by atoms with Gasteiger partial charge in [0.25, 0.3) is 0 Å². The van der Waals surface area contributed by atoms with Crippen molar-refractivity contribution in [3.63, 3.8) is 0 Å². The van der Waals surface area contributed by atoms with Crippen molar-refractivity contribution in [3.05, 3.63) is 141 Å². The van der Waals surface area contributed by atoms with E-state index in [2.05, 4.69) is 165 Å². The summed E-state index contributed by atoms with van der Waals surface area (Å²) in [6.07, 6.45) is 4.62. The first-order valence-electron chi connectivity index (χ1n) is 16.4. The van der Waals surface area contributed by atoms with Gasteiger partial charge in [-0.2, -0.15) is 0 Å². The Morgan fingerprint density at radius 1 is 0.533 bits per heavy atom. The summed E-state index contributed by atoms with van der Waals surface area (Å²) in [5.74, 6) is 0. The van der Waals surface area contributed by atoms with Crippen molar-refractivity contribution in [2.75, 3.05) is 4.90 Å². The van der Waals surface area contributed by atoms with Crippen LogP contribution in [0.1, 0.15) is 86.1 Å². The van der Waals surface area contributed by atoms with Gasteiger partial charge in [-0.25, -0.2) is 0 Å². The lowest BCUT2D eigenvalue weighted by Crippen LogP contribution is -2.18. The molecule has 5 aromatic carbocycles. The molecule has 2 aliphatic carbocycles. The second kappa shape index (κ2) is 10.1. The lowest BCUT2D eigenvalue weighted by Gasteiger charge is -2.32. The molecule has 0 saturated heterocycles. The van der Waals surface area contributed by atoms with Gasteiger partial charge in [0.1, 0.15) is 0 Å². The molecule has 5 aromatic rings. The molecular weight excluding hydrogens is 542 g/mol. The Bertz CT molecular complexity index is 2060. The van der Waals surface area contributed by atoms with Crippen molar-refractivity contribution >= 4 is 33.4 Å². The molecular formula is C44H45N. The van der Waals surface area contributed by atoms with E-state index in [0.717, 1.165) is 0 Å². The Morgan fingerprint density at radius 3 is 1.64 bits per heavy atom. The molecule has 0 saturated carbocycles. The fourth-order valence-electron chi connectivity index (χ4n) is 8.49. The molecule has 0 unspecified atom stereocenters.